The van der Waals surface area contributed by atoms with Gasteiger partial charge in [-0.05, 0) is 13.3 Å². The summed E-state index contributed by atoms with van der Waals surface area (Å²) in [6, 6.07) is 0. The molecule has 18 heavy (non-hydrogen) atoms. The molecular formula is C13H19N5. The predicted octanol–water partition coefficient (Wildman–Crippen LogP) is 2.10. The summed E-state index contributed by atoms with van der Waals surface area (Å²) in [5, 5.41) is 0. The summed E-state index contributed by atoms with van der Waals surface area (Å²) >= 11 is 0. The predicted molar refractivity (Wildman–Crippen MR) is 71.5 cm³/mol. The lowest BCUT2D eigenvalue weighted by Gasteiger charge is -2.20. The van der Waals surface area contributed by atoms with Gasteiger partial charge in [-0.15, -0.1) is 0 Å². The normalized spacial score (nSPS) is 10.6. The zero-order chi connectivity index (χ0) is 13.0. The fourth-order valence-corrected chi connectivity index (χ4v) is 1.94. The van der Waals surface area contributed by atoms with Crippen LogP contribution in [0.3, 0.4) is 0 Å². The first-order valence-electron chi connectivity index (χ1n) is 6.22. The first-order chi connectivity index (χ1) is 8.70. The second-order valence-electron chi connectivity index (χ2n) is 4.41. The molecule has 0 amide bonds. The lowest BCUT2D eigenvalue weighted by atomic mass is 10.2. The quantitative estimate of drug-likeness (QED) is 0.876. The standard InChI is InChI=1S/C13H19N5/c1-4-5-11-8-16-10(2)17-13(11)18(3)9-12-14-6-7-15-12/h6-8H,4-5,9H2,1-3H3,(H,14,15). The SMILES string of the molecule is CCCc1cnc(C)nc1N(C)Cc1ncc[nH]1. The summed E-state index contributed by atoms with van der Waals surface area (Å²) in [7, 11) is 2.03. The molecule has 0 saturated heterocycles. The molecule has 2 aromatic rings. The Morgan fingerprint density at radius 1 is 1.33 bits per heavy atom. The number of rotatable bonds is 5. The fraction of sp³-hybridized carbons (Fsp3) is 0.462. The van der Waals surface area contributed by atoms with Gasteiger partial charge in [0.05, 0.1) is 6.54 Å². The Morgan fingerprint density at radius 3 is 2.83 bits per heavy atom. The number of hydrogen-bond acceptors (Lipinski definition) is 4. The fourth-order valence-electron chi connectivity index (χ4n) is 1.94. The number of H-pyrrole nitrogens is 1. The Balaban J connectivity index is 2.22. The van der Waals surface area contributed by atoms with Crippen molar-refractivity contribution in [2.75, 3.05) is 11.9 Å². The van der Waals surface area contributed by atoms with Gasteiger partial charge in [-0.3, -0.25) is 0 Å². The number of nitrogens with one attached hydrogen (secondary N) is 1. The van der Waals surface area contributed by atoms with Gasteiger partial charge in [0.25, 0.3) is 0 Å². The Morgan fingerprint density at radius 2 is 2.17 bits per heavy atom. The molecule has 0 bridgehead atoms. The zero-order valence-corrected chi connectivity index (χ0v) is 11.1. The molecule has 0 atom stereocenters. The van der Waals surface area contributed by atoms with E-state index in [2.05, 4.69) is 31.8 Å². The highest BCUT2D eigenvalue weighted by molar-refractivity contribution is 5.45. The minimum absolute atomic E-state index is 0.722. The summed E-state index contributed by atoms with van der Waals surface area (Å²) in [6.45, 7) is 4.80. The average Bonchev–Trinajstić information content (AvgIpc) is 2.84. The highest BCUT2D eigenvalue weighted by atomic mass is 15.2. The summed E-state index contributed by atoms with van der Waals surface area (Å²) < 4.78 is 0. The number of aryl methyl sites for hydroxylation is 2. The molecule has 0 aromatic carbocycles. The van der Waals surface area contributed by atoms with Crippen molar-refractivity contribution in [3.63, 3.8) is 0 Å². The Bertz CT molecular complexity index is 492. The second-order valence-corrected chi connectivity index (χ2v) is 4.41. The van der Waals surface area contributed by atoms with E-state index in [0.29, 0.717) is 0 Å². The molecule has 0 aliphatic carbocycles. The largest absolute Gasteiger partial charge is 0.352 e. The number of aromatic nitrogens is 4. The van der Waals surface area contributed by atoms with Crippen molar-refractivity contribution >= 4 is 5.82 Å². The summed E-state index contributed by atoms with van der Waals surface area (Å²) in [5.74, 6) is 2.74. The van der Waals surface area contributed by atoms with Gasteiger partial charge in [-0.2, -0.15) is 0 Å². The molecule has 2 aromatic heterocycles. The van der Waals surface area contributed by atoms with Crippen LogP contribution in [0.25, 0.3) is 0 Å². The molecule has 0 saturated carbocycles. The average molecular weight is 245 g/mol. The minimum atomic E-state index is 0.722. The molecule has 2 heterocycles. The highest BCUT2D eigenvalue weighted by Gasteiger charge is 2.11. The molecule has 0 fully saturated rings. The van der Waals surface area contributed by atoms with Gasteiger partial charge in [0.2, 0.25) is 0 Å². The van der Waals surface area contributed by atoms with Gasteiger partial charge >= 0.3 is 0 Å². The van der Waals surface area contributed by atoms with Gasteiger partial charge in [-0.1, -0.05) is 13.3 Å². The topological polar surface area (TPSA) is 57.7 Å². The lowest BCUT2D eigenvalue weighted by molar-refractivity contribution is 0.806. The third kappa shape index (κ3) is 2.85. The molecule has 96 valence electrons. The van der Waals surface area contributed by atoms with Crippen molar-refractivity contribution in [2.24, 2.45) is 0 Å². The molecule has 0 spiro atoms. The zero-order valence-electron chi connectivity index (χ0n) is 11.1. The molecule has 5 heteroatoms. The van der Waals surface area contributed by atoms with Crippen LogP contribution in [0.15, 0.2) is 18.6 Å². The molecule has 1 N–H and O–H groups in total. The van der Waals surface area contributed by atoms with Crippen LogP contribution in [0.5, 0.6) is 0 Å². The number of nitrogens with zero attached hydrogens (tertiary/aromatic N) is 4. The smallest absolute Gasteiger partial charge is 0.135 e. The van der Waals surface area contributed by atoms with Crippen LogP contribution in [-0.4, -0.2) is 27.0 Å². The minimum Gasteiger partial charge on any atom is -0.352 e. The Hall–Kier alpha value is -1.91. The van der Waals surface area contributed by atoms with E-state index in [0.717, 1.165) is 36.9 Å². The van der Waals surface area contributed by atoms with E-state index < -0.39 is 0 Å². The number of anilines is 1. The summed E-state index contributed by atoms with van der Waals surface area (Å²) in [6.07, 6.45) is 7.62. The van der Waals surface area contributed by atoms with Crippen LogP contribution in [0.1, 0.15) is 30.6 Å². The molecule has 0 radical (unpaired) electrons. The van der Waals surface area contributed by atoms with Gasteiger partial charge in [0.1, 0.15) is 17.5 Å². The van der Waals surface area contributed by atoms with Crippen LogP contribution in [0.2, 0.25) is 0 Å². The van der Waals surface area contributed by atoms with E-state index in [9.17, 15) is 0 Å². The first-order valence-corrected chi connectivity index (χ1v) is 6.22. The number of aromatic amines is 1. The van der Waals surface area contributed by atoms with Gasteiger partial charge in [0, 0.05) is 31.2 Å². The highest BCUT2D eigenvalue weighted by Crippen LogP contribution is 2.18. The third-order valence-corrected chi connectivity index (χ3v) is 2.78. The van der Waals surface area contributed by atoms with Gasteiger partial charge < -0.3 is 9.88 Å². The van der Waals surface area contributed by atoms with Crippen LogP contribution in [0.4, 0.5) is 5.82 Å². The molecule has 5 nitrogen and oxygen atoms in total. The maximum atomic E-state index is 4.55. The van der Waals surface area contributed by atoms with Crippen LogP contribution in [0, 0.1) is 6.92 Å². The van der Waals surface area contributed by atoms with E-state index in [1.165, 1.54) is 5.56 Å². The molecule has 0 aliphatic rings. The van der Waals surface area contributed by atoms with Crippen molar-refractivity contribution in [3.8, 4) is 0 Å². The van der Waals surface area contributed by atoms with E-state index >= 15 is 0 Å². The first kappa shape index (κ1) is 12.5. The summed E-state index contributed by atoms with van der Waals surface area (Å²) in [4.78, 5) is 18.3. The van der Waals surface area contributed by atoms with Crippen LogP contribution < -0.4 is 4.90 Å². The number of imidazole rings is 1. The number of hydrogen-bond donors (Lipinski definition) is 1. The Kier molecular flexibility index (Phi) is 3.92. The van der Waals surface area contributed by atoms with Crippen molar-refractivity contribution in [1.29, 1.82) is 0 Å². The van der Waals surface area contributed by atoms with Crippen molar-refractivity contribution < 1.29 is 0 Å². The van der Waals surface area contributed by atoms with Crippen LogP contribution >= 0.6 is 0 Å². The Labute approximate surface area is 107 Å². The van der Waals surface area contributed by atoms with Gasteiger partial charge in [0.15, 0.2) is 0 Å². The van der Waals surface area contributed by atoms with E-state index in [1.807, 2.05) is 26.4 Å². The maximum absolute atomic E-state index is 4.55. The lowest BCUT2D eigenvalue weighted by Crippen LogP contribution is -2.21. The van der Waals surface area contributed by atoms with Gasteiger partial charge in [-0.25, -0.2) is 15.0 Å². The molecule has 0 unspecified atom stereocenters. The van der Waals surface area contributed by atoms with Crippen molar-refractivity contribution in [2.45, 2.75) is 33.2 Å². The van der Waals surface area contributed by atoms with E-state index in [4.69, 9.17) is 0 Å². The molecule has 0 aliphatic heterocycles. The molecule has 2 rings (SSSR count). The van der Waals surface area contributed by atoms with Crippen LogP contribution in [-0.2, 0) is 13.0 Å². The van der Waals surface area contributed by atoms with Crippen molar-refractivity contribution in [3.05, 3.63) is 35.8 Å². The monoisotopic (exact) mass is 245 g/mol. The second kappa shape index (κ2) is 5.62. The van der Waals surface area contributed by atoms with E-state index in [-0.39, 0.29) is 0 Å². The van der Waals surface area contributed by atoms with E-state index in [1.54, 1.807) is 6.20 Å². The van der Waals surface area contributed by atoms with Crippen molar-refractivity contribution in [1.82, 2.24) is 19.9 Å². The maximum Gasteiger partial charge on any atom is 0.135 e. The third-order valence-electron chi connectivity index (χ3n) is 2.78. The summed E-state index contributed by atoms with van der Waals surface area (Å²) in [5.41, 5.74) is 1.19. The molecular weight excluding hydrogens is 226 g/mol.